The fraction of sp³-hybridized carbons (Fsp3) is 0.286. The molecule has 0 aromatic carbocycles. The standard InChI is InChI=1S/C21H18F4N6O2/c1-3-16(32)31-8-13(22)15(9-31)29-19-17-18(28-10-30(2)20(17)33)12(7-27-19)14-5-4-11(6-26-14)21(23,24)25/h3-7,10,13,15H,1,8-9H2,2H3,(H,27,29)/t13-,15+/m0/s1. The Labute approximate surface area is 184 Å². The van der Waals surface area contributed by atoms with E-state index in [1.807, 2.05) is 0 Å². The van der Waals surface area contributed by atoms with Gasteiger partial charge in [-0.3, -0.25) is 14.6 Å². The molecular formula is C21H18F4N6O2. The molecule has 1 amide bonds. The van der Waals surface area contributed by atoms with Gasteiger partial charge in [0.1, 0.15) is 17.4 Å². The van der Waals surface area contributed by atoms with E-state index in [0.717, 1.165) is 12.1 Å². The molecule has 0 aliphatic carbocycles. The maximum Gasteiger partial charge on any atom is 0.417 e. The van der Waals surface area contributed by atoms with Crippen molar-refractivity contribution >= 4 is 22.6 Å². The van der Waals surface area contributed by atoms with Crippen LogP contribution in [0.1, 0.15) is 5.56 Å². The summed E-state index contributed by atoms with van der Waals surface area (Å²) >= 11 is 0. The van der Waals surface area contributed by atoms with Crippen molar-refractivity contribution < 1.29 is 22.4 Å². The lowest BCUT2D eigenvalue weighted by molar-refractivity contribution is -0.137. The molecule has 0 unspecified atom stereocenters. The summed E-state index contributed by atoms with van der Waals surface area (Å²) in [6, 6.07) is 1.21. The first-order valence-electron chi connectivity index (χ1n) is 9.80. The number of nitrogens with one attached hydrogen (secondary N) is 1. The summed E-state index contributed by atoms with van der Waals surface area (Å²) in [5, 5.41) is 2.91. The first-order valence-corrected chi connectivity index (χ1v) is 9.80. The minimum absolute atomic E-state index is 0.0277. The third kappa shape index (κ3) is 4.15. The summed E-state index contributed by atoms with van der Waals surface area (Å²) in [6.07, 6.45) is -1.61. The number of carbonyl (C=O) groups excluding carboxylic acids is 1. The summed E-state index contributed by atoms with van der Waals surface area (Å²) in [7, 11) is 1.47. The number of rotatable bonds is 4. The molecular weight excluding hydrogens is 444 g/mol. The SMILES string of the molecule is C=CC(=O)N1C[C@H](F)[C@H](Nc2ncc(-c3ccc(C(F)(F)F)cn3)c3ncn(C)c(=O)c23)C1. The molecule has 2 atom stereocenters. The molecule has 3 aromatic heterocycles. The van der Waals surface area contributed by atoms with Gasteiger partial charge in [-0.05, 0) is 18.2 Å². The number of alkyl halides is 4. The molecule has 1 aliphatic rings. The summed E-state index contributed by atoms with van der Waals surface area (Å²) in [4.78, 5) is 38.3. The minimum Gasteiger partial charge on any atom is -0.362 e. The number of hydrogen-bond acceptors (Lipinski definition) is 6. The first-order chi connectivity index (χ1) is 15.6. The van der Waals surface area contributed by atoms with E-state index in [-0.39, 0.29) is 41.1 Å². The zero-order valence-corrected chi connectivity index (χ0v) is 17.3. The largest absolute Gasteiger partial charge is 0.417 e. The van der Waals surface area contributed by atoms with Crippen LogP contribution < -0.4 is 10.9 Å². The number of amides is 1. The molecule has 0 spiro atoms. The number of likely N-dealkylation sites (tertiary alicyclic amines) is 1. The molecule has 12 heteroatoms. The summed E-state index contributed by atoms with van der Waals surface area (Å²) in [5.74, 6) is -0.365. The van der Waals surface area contributed by atoms with Gasteiger partial charge in [-0.25, -0.2) is 14.4 Å². The molecule has 172 valence electrons. The smallest absolute Gasteiger partial charge is 0.362 e. The van der Waals surface area contributed by atoms with Gasteiger partial charge >= 0.3 is 6.18 Å². The van der Waals surface area contributed by atoms with Crippen LogP contribution in [0.2, 0.25) is 0 Å². The van der Waals surface area contributed by atoms with Gasteiger partial charge in [0.15, 0.2) is 0 Å². The van der Waals surface area contributed by atoms with Crippen molar-refractivity contribution in [2.24, 2.45) is 7.05 Å². The highest BCUT2D eigenvalue weighted by Crippen LogP contribution is 2.32. The minimum atomic E-state index is -4.54. The van der Waals surface area contributed by atoms with Gasteiger partial charge in [-0.2, -0.15) is 13.2 Å². The molecule has 0 radical (unpaired) electrons. The van der Waals surface area contributed by atoms with Gasteiger partial charge in [0, 0.05) is 31.5 Å². The second-order valence-electron chi connectivity index (χ2n) is 7.55. The Hall–Kier alpha value is -3.83. The third-order valence-electron chi connectivity index (χ3n) is 5.37. The highest BCUT2D eigenvalue weighted by molar-refractivity contribution is 5.98. The fourth-order valence-electron chi connectivity index (χ4n) is 3.61. The van der Waals surface area contributed by atoms with Gasteiger partial charge < -0.3 is 14.8 Å². The maximum atomic E-state index is 14.6. The van der Waals surface area contributed by atoms with Crippen molar-refractivity contribution in [2.75, 3.05) is 18.4 Å². The highest BCUT2D eigenvalue weighted by Gasteiger charge is 2.35. The molecule has 1 saturated heterocycles. The van der Waals surface area contributed by atoms with Gasteiger partial charge in [-0.1, -0.05) is 6.58 Å². The van der Waals surface area contributed by atoms with Crippen LogP contribution in [0.5, 0.6) is 0 Å². The van der Waals surface area contributed by atoms with Crippen LogP contribution in [0.3, 0.4) is 0 Å². The van der Waals surface area contributed by atoms with Crippen molar-refractivity contribution in [2.45, 2.75) is 18.4 Å². The van der Waals surface area contributed by atoms with Crippen LogP contribution >= 0.6 is 0 Å². The van der Waals surface area contributed by atoms with E-state index in [9.17, 15) is 27.2 Å². The third-order valence-corrected chi connectivity index (χ3v) is 5.37. The Bertz CT molecular complexity index is 1290. The number of carbonyl (C=O) groups is 1. The Morgan fingerprint density at radius 1 is 1.21 bits per heavy atom. The maximum absolute atomic E-state index is 14.6. The van der Waals surface area contributed by atoms with Gasteiger partial charge in [0.2, 0.25) is 5.91 Å². The monoisotopic (exact) mass is 462 g/mol. The molecule has 0 saturated carbocycles. The number of anilines is 1. The Morgan fingerprint density at radius 3 is 2.61 bits per heavy atom. The first kappa shape index (κ1) is 22.4. The number of nitrogens with zero attached hydrogens (tertiary/aromatic N) is 5. The van der Waals surface area contributed by atoms with E-state index in [2.05, 4.69) is 26.8 Å². The normalized spacial score (nSPS) is 18.5. The van der Waals surface area contributed by atoms with Crippen molar-refractivity contribution in [3.63, 3.8) is 0 Å². The lowest BCUT2D eigenvalue weighted by atomic mass is 10.1. The predicted octanol–water partition coefficient (Wildman–Crippen LogP) is 2.56. The highest BCUT2D eigenvalue weighted by atomic mass is 19.4. The van der Waals surface area contributed by atoms with Crippen LogP contribution in [-0.4, -0.2) is 55.6 Å². The number of aromatic nitrogens is 4. The second-order valence-corrected chi connectivity index (χ2v) is 7.55. The Kier molecular flexibility index (Phi) is 5.60. The van der Waals surface area contributed by atoms with Crippen molar-refractivity contribution in [1.82, 2.24) is 24.4 Å². The quantitative estimate of drug-likeness (QED) is 0.473. The molecule has 1 aliphatic heterocycles. The van der Waals surface area contributed by atoms with E-state index < -0.39 is 35.4 Å². The van der Waals surface area contributed by atoms with E-state index in [1.54, 1.807) is 0 Å². The Balaban J connectivity index is 1.76. The lowest BCUT2D eigenvalue weighted by Gasteiger charge is -2.18. The van der Waals surface area contributed by atoms with Gasteiger partial charge in [-0.15, -0.1) is 0 Å². The van der Waals surface area contributed by atoms with Crippen LogP contribution in [0.4, 0.5) is 23.4 Å². The van der Waals surface area contributed by atoms with Gasteiger partial charge in [0.25, 0.3) is 5.56 Å². The van der Waals surface area contributed by atoms with E-state index in [0.29, 0.717) is 6.20 Å². The average Bonchev–Trinajstić information content (AvgIpc) is 3.15. The molecule has 1 fully saturated rings. The van der Waals surface area contributed by atoms with Gasteiger partial charge in [0.05, 0.1) is 35.7 Å². The molecule has 33 heavy (non-hydrogen) atoms. The van der Waals surface area contributed by atoms with Crippen LogP contribution in [0, 0.1) is 0 Å². The summed E-state index contributed by atoms with van der Waals surface area (Å²) in [5.41, 5.74) is -0.876. The Morgan fingerprint density at radius 2 is 1.97 bits per heavy atom. The molecule has 1 N–H and O–H groups in total. The van der Waals surface area contributed by atoms with Crippen LogP contribution in [-0.2, 0) is 18.0 Å². The molecule has 8 nitrogen and oxygen atoms in total. The van der Waals surface area contributed by atoms with E-state index in [1.165, 1.54) is 35.1 Å². The molecule has 3 aromatic rings. The number of pyridine rings is 2. The van der Waals surface area contributed by atoms with Crippen molar-refractivity contribution in [3.8, 4) is 11.3 Å². The molecule has 0 bridgehead atoms. The molecule has 4 rings (SSSR count). The average molecular weight is 462 g/mol. The summed E-state index contributed by atoms with van der Waals surface area (Å²) < 4.78 is 54.4. The lowest BCUT2D eigenvalue weighted by Crippen LogP contribution is -2.32. The topological polar surface area (TPSA) is 93.0 Å². The zero-order valence-electron chi connectivity index (χ0n) is 17.3. The summed E-state index contributed by atoms with van der Waals surface area (Å²) in [6.45, 7) is 3.30. The number of fused-ring (bicyclic) bond motifs is 1. The zero-order chi connectivity index (χ0) is 23.9. The van der Waals surface area contributed by atoms with Crippen molar-refractivity contribution in [3.05, 3.63) is 59.4 Å². The van der Waals surface area contributed by atoms with Crippen LogP contribution in [0.25, 0.3) is 22.2 Å². The predicted molar refractivity (Wildman–Crippen MR) is 112 cm³/mol. The van der Waals surface area contributed by atoms with E-state index in [4.69, 9.17) is 0 Å². The fourth-order valence-corrected chi connectivity index (χ4v) is 3.61. The van der Waals surface area contributed by atoms with E-state index >= 15 is 0 Å². The number of halogens is 4. The number of hydrogen-bond donors (Lipinski definition) is 1. The second kappa shape index (κ2) is 8.26. The molecule has 4 heterocycles. The van der Waals surface area contributed by atoms with Crippen LogP contribution in [0.15, 0.2) is 48.3 Å². The number of aryl methyl sites for hydroxylation is 1. The van der Waals surface area contributed by atoms with Crippen molar-refractivity contribution in [1.29, 1.82) is 0 Å².